The summed E-state index contributed by atoms with van der Waals surface area (Å²) in [4.78, 5) is 27.5. The highest BCUT2D eigenvalue weighted by Crippen LogP contribution is 2.45. The Morgan fingerprint density at radius 3 is 2.25 bits per heavy atom. The number of piperidine rings is 1. The van der Waals surface area contributed by atoms with E-state index >= 15 is 0 Å². The predicted molar refractivity (Wildman–Crippen MR) is 124 cm³/mol. The molecular weight excluding hydrogens is 404 g/mol. The molecule has 1 amide bonds. The molecule has 6 heteroatoms. The number of nitrogens with zero attached hydrogens (tertiary/aromatic N) is 1. The van der Waals surface area contributed by atoms with E-state index in [2.05, 4.69) is 29.6 Å². The van der Waals surface area contributed by atoms with Gasteiger partial charge in [0.05, 0.1) is 0 Å². The Hall–Kier alpha value is -2.86. The summed E-state index contributed by atoms with van der Waals surface area (Å²) in [5.41, 5.74) is 3.33. The molecule has 0 spiro atoms. The summed E-state index contributed by atoms with van der Waals surface area (Å²) in [6, 6.07) is 16.1. The maximum Gasteiger partial charge on any atom is 0.411 e. The fourth-order valence-corrected chi connectivity index (χ4v) is 5.61. The van der Waals surface area contributed by atoms with Gasteiger partial charge in [-0.25, -0.2) is 9.59 Å². The van der Waals surface area contributed by atoms with Gasteiger partial charge < -0.3 is 15.2 Å². The van der Waals surface area contributed by atoms with Gasteiger partial charge in [0.25, 0.3) is 0 Å². The van der Waals surface area contributed by atoms with Crippen LogP contribution in [0.25, 0.3) is 11.1 Å². The van der Waals surface area contributed by atoms with Crippen LogP contribution in [0.1, 0.15) is 50.7 Å². The second kappa shape index (κ2) is 8.94. The van der Waals surface area contributed by atoms with Gasteiger partial charge in [-0.1, -0.05) is 55.5 Å². The van der Waals surface area contributed by atoms with E-state index in [0.29, 0.717) is 25.9 Å². The molecule has 170 valence electrons. The molecule has 2 atom stereocenters. The maximum absolute atomic E-state index is 13.5. The molecule has 0 radical (unpaired) electrons. The second-order valence-electron chi connectivity index (χ2n) is 9.06. The van der Waals surface area contributed by atoms with Crippen molar-refractivity contribution >= 4 is 12.1 Å². The third kappa shape index (κ3) is 3.56. The van der Waals surface area contributed by atoms with Crippen molar-refractivity contribution in [1.29, 1.82) is 0 Å². The molecule has 1 fully saturated rings. The van der Waals surface area contributed by atoms with Gasteiger partial charge in [0.1, 0.15) is 12.1 Å². The van der Waals surface area contributed by atoms with Gasteiger partial charge in [-0.15, -0.1) is 0 Å². The van der Waals surface area contributed by atoms with Crippen molar-refractivity contribution < 1.29 is 19.4 Å². The summed E-state index contributed by atoms with van der Waals surface area (Å²) in [5, 5.41) is 13.6. The van der Waals surface area contributed by atoms with Crippen LogP contribution in [-0.4, -0.2) is 53.3 Å². The number of nitrogens with one attached hydrogen (secondary N) is 1. The number of carboxylic acid groups (broad SMARTS) is 1. The van der Waals surface area contributed by atoms with Gasteiger partial charge in [0, 0.05) is 24.4 Å². The molecule has 4 rings (SSSR count). The van der Waals surface area contributed by atoms with Crippen molar-refractivity contribution in [2.75, 3.05) is 19.7 Å². The second-order valence-corrected chi connectivity index (χ2v) is 9.06. The maximum atomic E-state index is 13.5. The number of hydrogen-bond acceptors (Lipinski definition) is 4. The Labute approximate surface area is 189 Å². The van der Waals surface area contributed by atoms with Crippen molar-refractivity contribution in [3.8, 4) is 11.1 Å². The number of rotatable bonds is 6. The van der Waals surface area contributed by atoms with E-state index in [9.17, 15) is 14.7 Å². The van der Waals surface area contributed by atoms with Crippen LogP contribution in [-0.2, 0) is 9.53 Å². The smallest absolute Gasteiger partial charge is 0.411 e. The Balaban J connectivity index is 1.62. The van der Waals surface area contributed by atoms with Crippen LogP contribution in [0.4, 0.5) is 4.79 Å². The van der Waals surface area contributed by atoms with Crippen LogP contribution in [0.5, 0.6) is 0 Å². The first-order valence-electron chi connectivity index (χ1n) is 11.5. The standard InChI is InChI=1S/C26H32N2O4/c1-4-18-15-27-14-13-26(18,24(29)30)28(17(2)3)25(31)32-16-23-21-11-7-5-9-19(21)20-10-6-8-12-22(20)23/h5-12,17-18,23,27H,4,13-16H2,1-3H3,(H,29,30). The zero-order valence-electron chi connectivity index (χ0n) is 19.0. The molecule has 2 aromatic carbocycles. The van der Waals surface area contributed by atoms with E-state index in [1.807, 2.05) is 45.0 Å². The van der Waals surface area contributed by atoms with Crippen LogP contribution in [0.15, 0.2) is 48.5 Å². The topological polar surface area (TPSA) is 78.9 Å². The average Bonchev–Trinajstić information content (AvgIpc) is 3.11. The number of carbonyl (C=O) groups is 2. The molecule has 2 aromatic rings. The van der Waals surface area contributed by atoms with E-state index < -0.39 is 17.6 Å². The SMILES string of the molecule is CCC1CNCCC1(C(=O)O)N(C(=O)OCC1c2ccccc2-c2ccccc21)C(C)C. The lowest BCUT2D eigenvalue weighted by atomic mass is 9.75. The summed E-state index contributed by atoms with van der Waals surface area (Å²) in [6.07, 6.45) is 0.479. The highest BCUT2D eigenvalue weighted by Gasteiger charge is 2.54. The third-order valence-electron chi connectivity index (χ3n) is 7.09. The first-order chi connectivity index (χ1) is 15.4. The molecule has 1 aliphatic heterocycles. The van der Waals surface area contributed by atoms with Crippen LogP contribution >= 0.6 is 0 Å². The zero-order valence-corrected chi connectivity index (χ0v) is 19.0. The number of fused-ring (bicyclic) bond motifs is 3. The van der Waals surface area contributed by atoms with Crippen LogP contribution in [0.2, 0.25) is 0 Å². The molecule has 0 aromatic heterocycles. The molecule has 0 bridgehead atoms. The molecule has 1 aliphatic carbocycles. The average molecular weight is 437 g/mol. The van der Waals surface area contributed by atoms with Crippen molar-refractivity contribution in [2.24, 2.45) is 5.92 Å². The van der Waals surface area contributed by atoms with E-state index in [0.717, 1.165) is 22.3 Å². The lowest BCUT2D eigenvalue weighted by molar-refractivity contribution is -0.158. The van der Waals surface area contributed by atoms with Crippen LogP contribution in [0.3, 0.4) is 0 Å². The predicted octanol–water partition coefficient (Wildman–Crippen LogP) is 4.49. The van der Waals surface area contributed by atoms with Gasteiger partial charge in [-0.2, -0.15) is 0 Å². The first-order valence-corrected chi connectivity index (χ1v) is 11.5. The number of hydrogen-bond donors (Lipinski definition) is 2. The highest BCUT2D eigenvalue weighted by molar-refractivity contribution is 5.85. The summed E-state index contributed by atoms with van der Waals surface area (Å²) in [5.74, 6) is -1.19. The first kappa shape index (κ1) is 22.3. The van der Waals surface area contributed by atoms with Crippen molar-refractivity contribution in [3.63, 3.8) is 0 Å². The molecule has 1 heterocycles. The number of carbonyl (C=O) groups excluding carboxylic acids is 1. The third-order valence-corrected chi connectivity index (χ3v) is 7.09. The van der Waals surface area contributed by atoms with E-state index in [1.54, 1.807) is 0 Å². The molecule has 2 N–H and O–H groups in total. The van der Waals surface area contributed by atoms with Gasteiger partial charge in [0.15, 0.2) is 0 Å². The van der Waals surface area contributed by atoms with Gasteiger partial charge in [-0.3, -0.25) is 4.90 Å². The summed E-state index contributed by atoms with van der Waals surface area (Å²) < 4.78 is 5.89. The molecule has 6 nitrogen and oxygen atoms in total. The van der Waals surface area contributed by atoms with Crippen LogP contribution < -0.4 is 5.32 Å². The fourth-order valence-electron chi connectivity index (χ4n) is 5.61. The minimum atomic E-state index is -1.27. The normalized spacial score (nSPS) is 22.3. The van der Waals surface area contributed by atoms with E-state index in [4.69, 9.17) is 4.74 Å². The lowest BCUT2D eigenvalue weighted by Crippen LogP contribution is -2.68. The number of amides is 1. The molecule has 0 saturated carbocycles. The summed E-state index contributed by atoms with van der Waals surface area (Å²) >= 11 is 0. The molecule has 32 heavy (non-hydrogen) atoms. The van der Waals surface area contributed by atoms with Crippen LogP contribution in [0, 0.1) is 5.92 Å². The van der Waals surface area contributed by atoms with Gasteiger partial charge >= 0.3 is 12.1 Å². The van der Waals surface area contributed by atoms with Gasteiger partial charge in [0.2, 0.25) is 0 Å². The molecule has 1 saturated heterocycles. The molecular formula is C26H32N2O4. The minimum absolute atomic E-state index is 0.0591. The number of carboxylic acids is 1. The highest BCUT2D eigenvalue weighted by atomic mass is 16.6. The van der Waals surface area contributed by atoms with E-state index in [1.165, 1.54) is 4.90 Å². The van der Waals surface area contributed by atoms with E-state index in [-0.39, 0.29) is 24.5 Å². The zero-order chi connectivity index (χ0) is 22.9. The van der Waals surface area contributed by atoms with Gasteiger partial charge in [-0.05, 0) is 55.5 Å². The Morgan fingerprint density at radius 2 is 1.72 bits per heavy atom. The largest absolute Gasteiger partial charge is 0.479 e. The molecule has 2 unspecified atom stereocenters. The number of ether oxygens (including phenoxy) is 1. The quantitative estimate of drug-likeness (QED) is 0.698. The van der Waals surface area contributed by atoms with Crippen molar-refractivity contribution in [3.05, 3.63) is 59.7 Å². The van der Waals surface area contributed by atoms with Crippen molar-refractivity contribution in [2.45, 2.75) is 51.1 Å². The molecule has 2 aliphatic rings. The lowest BCUT2D eigenvalue weighted by Gasteiger charge is -2.49. The summed E-state index contributed by atoms with van der Waals surface area (Å²) in [6.45, 7) is 7.01. The fraction of sp³-hybridized carbons (Fsp3) is 0.462. The Morgan fingerprint density at radius 1 is 1.12 bits per heavy atom. The number of aliphatic carboxylic acids is 1. The Kier molecular flexibility index (Phi) is 6.24. The minimum Gasteiger partial charge on any atom is -0.479 e. The Bertz CT molecular complexity index is 959. The summed E-state index contributed by atoms with van der Waals surface area (Å²) in [7, 11) is 0. The monoisotopic (exact) mass is 436 g/mol. The number of benzene rings is 2. The van der Waals surface area contributed by atoms with Crippen molar-refractivity contribution in [1.82, 2.24) is 10.2 Å².